The van der Waals surface area contributed by atoms with E-state index in [4.69, 9.17) is 0 Å². The monoisotopic (exact) mass is 302 g/mol. The van der Waals surface area contributed by atoms with Gasteiger partial charge in [0.2, 0.25) is 0 Å². The van der Waals surface area contributed by atoms with Crippen LogP contribution in [0.3, 0.4) is 0 Å². The molecule has 1 fully saturated rings. The van der Waals surface area contributed by atoms with E-state index < -0.39 is 0 Å². The Bertz CT molecular complexity index is 343. The van der Waals surface area contributed by atoms with Gasteiger partial charge in [-0.25, -0.2) is 0 Å². The van der Waals surface area contributed by atoms with Gasteiger partial charge in [-0.05, 0) is 41.0 Å². The van der Waals surface area contributed by atoms with Crippen LogP contribution < -0.4 is 10.6 Å². The zero-order valence-corrected chi connectivity index (χ0v) is 12.2. The standard InChI is InChI=1S/C12H19BrN2S/c1-12(2,10-3-4-11(13)16-10)8-15-9-5-6-14-7-9/h3-4,9,14-15H,5-8H2,1-2H3. The molecule has 2 nitrogen and oxygen atoms in total. The average molecular weight is 303 g/mol. The lowest BCUT2D eigenvalue weighted by Gasteiger charge is -2.25. The van der Waals surface area contributed by atoms with Gasteiger partial charge in [-0.1, -0.05) is 13.8 Å². The van der Waals surface area contributed by atoms with Crippen LogP contribution >= 0.6 is 27.3 Å². The van der Waals surface area contributed by atoms with Crippen LogP contribution in [0.2, 0.25) is 0 Å². The molecule has 2 heterocycles. The molecule has 0 spiro atoms. The first-order valence-electron chi connectivity index (χ1n) is 5.78. The molecule has 2 rings (SSSR count). The Morgan fingerprint density at radius 2 is 2.38 bits per heavy atom. The summed E-state index contributed by atoms with van der Waals surface area (Å²) in [5.41, 5.74) is 0.222. The minimum absolute atomic E-state index is 0.222. The molecular formula is C12H19BrN2S. The minimum Gasteiger partial charge on any atom is -0.315 e. The summed E-state index contributed by atoms with van der Waals surface area (Å²) in [6.07, 6.45) is 1.25. The lowest BCUT2D eigenvalue weighted by atomic mass is 9.91. The molecule has 1 aromatic rings. The molecule has 1 aromatic heterocycles. The van der Waals surface area contributed by atoms with Crippen LogP contribution in [0.5, 0.6) is 0 Å². The summed E-state index contributed by atoms with van der Waals surface area (Å²) in [5.74, 6) is 0. The van der Waals surface area contributed by atoms with Crippen LogP contribution in [0.1, 0.15) is 25.1 Å². The molecule has 2 N–H and O–H groups in total. The quantitative estimate of drug-likeness (QED) is 0.894. The topological polar surface area (TPSA) is 24.1 Å². The number of rotatable bonds is 4. The predicted molar refractivity (Wildman–Crippen MR) is 74.3 cm³/mol. The minimum atomic E-state index is 0.222. The van der Waals surface area contributed by atoms with Crippen molar-refractivity contribution >= 4 is 27.3 Å². The van der Waals surface area contributed by atoms with Crippen molar-refractivity contribution in [3.63, 3.8) is 0 Å². The Morgan fingerprint density at radius 1 is 1.56 bits per heavy atom. The number of halogens is 1. The second-order valence-corrected chi connectivity index (χ2v) is 7.52. The molecule has 90 valence electrons. The fourth-order valence-corrected chi connectivity index (χ4v) is 3.48. The lowest BCUT2D eigenvalue weighted by molar-refractivity contribution is 0.434. The number of nitrogens with one attached hydrogen (secondary N) is 2. The molecule has 1 atom stereocenters. The van der Waals surface area contributed by atoms with E-state index in [0.717, 1.165) is 19.6 Å². The first-order valence-corrected chi connectivity index (χ1v) is 7.39. The van der Waals surface area contributed by atoms with Crippen molar-refractivity contribution in [1.82, 2.24) is 10.6 Å². The van der Waals surface area contributed by atoms with Crippen molar-refractivity contribution in [2.45, 2.75) is 31.7 Å². The van der Waals surface area contributed by atoms with E-state index in [0.29, 0.717) is 6.04 Å². The Balaban J connectivity index is 1.91. The van der Waals surface area contributed by atoms with Crippen molar-refractivity contribution in [3.05, 3.63) is 20.8 Å². The maximum absolute atomic E-state index is 3.66. The summed E-state index contributed by atoms with van der Waals surface area (Å²) in [4.78, 5) is 1.44. The highest BCUT2D eigenvalue weighted by molar-refractivity contribution is 9.11. The van der Waals surface area contributed by atoms with Gasteiger partial charge >= 0.3 is 0 Å². The van der Waals surface area contributed by atoms with Crippen LogP contribution in [0.25, 0.3) is 0 Å². The zero-order chi connectivity index (χ0) is 11.6. The van der Waals surface area contributed by atoms with E-state index in [9.17, 15) is 0 Å². The van der Waals surface area contributed by atoms with Gasteiger partial charge in [-0.3, -0.25) is 0 Å². The molecule has 0 aliphatic carbocycles. The Morgan fingerprint density at radius 3 is 2.94 bits per heavy atom. The summed E-state index contributed by atoms with van der Waals surface area (Å²) < 4.78 is 1.22. The molecule has 0 bridgehead atoms. The van der Waals surface area contributed by atoms with E-state index in [1.54, 1.807) is 0 Å². The van der Waals surface area contributed by atoms with Crippen LogP contribution in [0, 0.1) is 0 Å². The first-order chi connectivity index (χ1) is 7.58. The fourth-order valence-electron chi connectivity index (χ4n) is 1.99. The molecule has 1 aliphatic heterocycles. The smallest absolute Gasteiger partial charge is 0.0701 e. The van der Waals surface area contributed by atoms with Crippen LogP contribution in [0.4, 0.5) is 0 Å². The summed E-state index contributed by atoms with van der Waals surface area (Å²) >= 11 is 5.37. The van der Waals surface area contributed by atoms with Gasteiger partial charge in [0.15, 0.2) is 0 Å². The third kappa shape index (κ3) is 3.06. The van der Waals surface area contributed by atoms with Gasteiger partial charge in [0.25, 0.3) is 0 Å². The third-order valence-corrected chi connectivity index (χ3v) is 5.12. The second kappa shape index (κ2) is 5.17. The van der Waals surface area contributed by atoms with E-state index in [-0.39, 0.29) is 5.41 Å². The van der Waals surface area contributed by atoms with Gasteiger partial charge in [-0.2, -0.15) is 0 Å². The highest BCUT2D eigenvalue weighted by atomic mass is 79.9. The predicted octanol–water partition coefficient (Wildman–Crippen LogP) is 2.74. The maximum atomic E-state index is 3.66. The van der Waals surface area contributed by atoms with Crippen molar-refractivity contribution in [2.24, 2.45) is 0 Å². The first kappa shape index (κ1) is 12.6. The zero-order valence-electron chi connectivity index (χ0n) is 9.85. The second-order valence-electron chi connectivity index (χ2n) is 5.06. The van der Waals surface area contributed by atoms with Gasteiger partial charge in [0.05, 0.1) is 3.79 Å². The molecular weight excluding hydrogens is 284 g/mol. The molecule has 16 heavy (non-hydrogen) atoms. The molecule has 4 heteroatoms. The SMILES string of the molecule is CC(C)(CNC1CCNC1)c1ccc(Br)s1. The Labute approximate surface area is 110 Å². The van der Waals surface area contributed by atoms with E-state index in [2.05, 4.69) is 52.5 Å². The molecule has 0 saturated carbocycles. The maximum Gasteiger partial charge on any atom is 0.0701 e. The van der Waals surface area contributed by atoms with Crippen molar-refractivity contribution < 1.29 is 0 Å². The third-order valence-electron chi connectivity index (χ3n) is 3.13. The van der Waals surface area contributed by atoms with Gasteiger partial charge in [0, 0.05) is 29.4 Å². The van der Waals surface area contributed by atoms with Crippen molar-refractivity contribution in [1.29, 1.82) is 0 Å². The molecule has 0 amide bonds. The molecule has 1 aliphatic rings. The normalized spacial score (nSPS) is 21.6. The van der Waals surface area contributed by atoms with Crippen LogP contribution in [0.15, 0.2) is 15.9 Å². The number of hydrogen-bond donors (Lipinski definition) is 2. The molecule has 0 radical (unpaired) electrons. The summed E-state index contributed by atoms with van der Waals surface area (Å²) in [7, 11) is 0. The summed E-state index contributed by atoms with van der Waals surface area (Å²) in [5, 5.41) is 7.04. The largest absolute Gasteiger partial charge is 0.315 e. The highest BCUT2D eigenvalue weighted by Gasteiger charge is 2.24. The van der Waals surface area contributed by atoms with Crippen molar-refractivity contribution in [2.75, 3.05) is 19.6 Å². The van der Waals surface area contributed by atoms with Gasteiger partial charge in [0.1, 0.15) is 0 Å². The molecule has 1 saturated heterocycles. The summed E-state index contributed by atoms with van der Waals surface area (Å²) in [6.45, 7) is 7.93. The Kier molecular flexibility index (Phi) is 4.06. The van der Waals surface area contributed by atoms with Crippen LogP contribution in [-0.2, 0) is 5.41 Å². The highest BCUT2D eigenvalue weighted by Crippen LogP contribution is 2.32. The van der Waals surface area contributed by atoms with Crippen LogP contribution in [-0.4, -0.2) is 25.7 Å². The van der Waals surface area contributed by atoms with E-state index >= 15 is 0 Å². The van der Waals surface area contributed by atoms with E-state index in [1.165, 1.54) is 15.1 Å². The van der Waals surface area contributed by atoms with Crippen molar-refractivity contribution in [3.8, 4) is 0 Å². The van der Waals surface area contributed by atoms with Gasteiger partial charge in [-0.15, -0.1) is 11.3 Å². The Hall–Kier alpha value is 0.1000. The van der Waals surface area contributed by atoms with Gasteiger partial charge < -0.3 is 10.6 Å². The number of thiophene rings is 1. The lowest BCUT2D eigenvalue weighted by Crippen LogP contribution is -2.39. The summed E-state index contributed by atoms with van der Waals surface area (Å²) in [6, 6.07) is 5.02. The molecule has 0 aromatic carbocycles. The fraction of sp³-hybridized carbons (Fsp3) is 0.667. The molecule has 1 unspecified atom stereocenters. The average Bonchev–Trinajstić information content (AvgIpc) is 2.85. The van der Waals surface area contributed by atoms with E-state index in [1.807, 2.05) is 11.3 Å². The number of hydrogen-bond acceptors (Lipinski definition) is 3.